The molecule has 0 aliphatic carbocycles. The molecule has 110 valence electrons. The Labute approximate surface area is 120 Å². The molecule has 1 N–H and O–H groups in total. The van der Waals surface area contributed by atoms with E-state index < -0.39 is 0 Å². The van der Waals surface area contributed by atoms with Gasteiger partial charge in [-0.05, 0) is 40.7 Å². The van der Waals surface area contributed by atoms with E-state index in [1.165, 1.54) is 0 Å². The van der Waals surface area contributed by atoms with Crippen LogP contribution in [0.2, 0.25) is 0 Å². The summed E-state index contributed by atoms with van der Waals surface area (Å²) in [7, 11) is 0. The lowest BCUT2D eigenvalue weighted by Crippen LogP contribution is -2.35. The summed E-state index contributed by atoms with van der Waals surface area (Å²) < 4.78 is 3.87. The second-order valence-corrected chi connectivity index (χ2v) is 6.10. The van der Waals surface area contributed by atoms with Crippen molar-refractivity contribution in [3.63, 3.8) is 0 Å². The van der Waals surface area contributed by atoms with Crippen molar-refractivity contribution >= 4 is 0 Å². The van der Waals surface area contributed by atoms with Crippen LogP contribution in [0.15, 0.2) is 12.3 Å². The molecule has 0 amide bonds. The van der Waals surface area contributed by atoms with E-state index in [1.807, 2.05) is 22.5 Å². The van der Waals surface area contributed by atoms with Gasteiger partial charge >= 0.3 is 0 Å². The van der Waals surface area contributed by atoms with E-state index in [-0.39, 0.29) is 5.54 Å². The number of nitrogens with zero attached hydrogens (tertiary/aromatic N) is 5. The van der Waals surface area contributed by atoms with Gasteiger partial charge in [-0.25, -0.2) is 4.68 Å². The summed E-state index contributed by atoms with van der Waals surface area (Å²) in [6.45, 7) is 12.8. The first-order chi connectivity index (χ1) is 9.37. The number of aryl methyl sites for hydroxylation is 2. The third-order valence-corrected chi connectivity index (χ3v) is 2.99. The molecule has 2 aromatic heterocycles. The molecule has 0 aliphatic heterocycles. The molecule has 0 spiro atoms. The molecule has 0 bridgehead atoms. The first-order valence-electron chi connectivity index (χ1n) is 7.05. The van der Waals surface area contributed by atoms with Gasteiger partial charge in [-0.2, -0.15) is 5.10 Å². The Morgan fingerprint density at radius 3 is 2.70 bits per heavy atom. The van der Waals surface area contributed by atoms with Crippen molar-refractivity contribution in [3.8, 4) is 0 Å². The van der Waals surface area contributed by atoms with E-state index >= 15 is 0 Å². The van der Waals surface area contributed by atoms with E-state index in [4.69, 9.17) is 0 Å². The minimum Gasteiger partial charge on any atom is -0.306 e. The Hall–Kier alpha value is -1.69. The molecule has 0 aliphatic rings. The highest BCUT2D eigenvalue weighted by Crippen LogP contribution is 2.07. The van der Waals surface area contributed by atoms with E-state index in [9.17, 15) is 0 Å². The first kappa shape index (κ1) is 14.7. The summed E-state index contributed by atoms with van der Waals surface area (Å²) in [6.07, 6.45) is 1.99. The predicted molar refractivity (Wildman–Crippen MR) is 78.4 cm³/mol. The van der Waals surface area contributed by atoms with Crippen molar-refractivity contribution < 1.29 is 0 Å². The molecule has 2 heterocycles. The highest BCUT2D eigenvalue weighted by atomic mass is 15.4. The Morgan fingerprint density at radius 1 is 1.30 bits per heavy atom. The standard InChI is InChI=1S/C14H24N6/c1-6-20-13(7-11(2)17-20)10-19-9-12(16-18-19)8-15-14(3,4)5/h7,9,15H,6,8,10H2,1-5H3. The third kappa shape index (κ3) is 3.90. The maximum absolute atomic E-state index is 4.44. The third-order valence-electron chi connectivity index (χ3n) is 2.99. The smallest absolute Gasteiger partial charge is 0.0965 e. The van der Waals surface area contributed by atoms with Crippen molar-refractivity contribution in [3.05, 3.63) is 29.3 Å². The molecule has 0 saturated heterocycles. The average Bonchev–Trinajstić information content (AvgIpc) is 2.93. The lowest BCUT2D eigenvalue weighted by Gasteiger charge is -2.19. The second-order valence-electron chi connectivity index (χ2n) is 6.10. The average molecular weight is 276 g/mol. The Bertz CT molecular complexity index is 560. The van der Waals surface area contributed by atoms with Crippen molar-refractivity contribution in [2.24, 2.45) is 0 Å². The molecule has 20 heavy (non-hydrogen) atoms. The Balaban J connectivity index is 2.02. The molecule has 0 atom stereocenters. The van der Waals surface area contributed by atoms with Crippen LogP contribution in [-0.2, 0) is 19.6 Å². The van der Waals surface area contributed by atoms with E-state index in [2.05, 4.69) is 54.5 Å². The van der Waals surface area contributed by atoms with Crippen LogP contribution in [0.1, 0.15) is 44.8 Å². The van der Waals surface area contributed by atoms with Gasteiger partial charge in [0.1, 0.15) is 0 Å². The quantitative estimate of drug-likeness (QED) is 0.903. The molecule has 2 aromatic rings. The van der Waals surface area contributed by atoms with Crippen LogP contribution in [0, 0.1) is 6.92 Å². The van der Waals surface area contributed by atoms with Gasteiger partial charge in [-0.15, -0.1) is 5.10 Å². The van der Waals surface area contributed by atoms with Gasteiger partial charge in [-0.1, -0.05) is 5.21 Å². The number of aromatic nitrogens is 5. The number of rotatable bonds is 5. The summed E-state index contributed by atoms with van der Waals surface area (Å²) in [5, 5.41) is 16.2. The molecule has 6 heteroatoms. The Kier molecular flexibility index (Phi) is 4.23. The topological polar surface area (TPSA) is 60.6 Å². The van der Waals surface area contributed by atoms with Crippen LogP contribution in [0.3, 0.4) is 0 Å². The zero-order valence-corrected chi connectivity index (χ0v) is 13.0. The molecule has 6 nitrogen and oxygen atoms in total. The SMILES string of the molecule is CCn1nc(C)cc1Cn1cc(CNC(C)(C)C)nn1. The molecule has 0 fully saturated rings. The van der Waals surface area contributed by atoms with Gasteiger partial charge < -0.3 is 5.32 Å². The predicted octanol–water partition coefficient (Wildman–Crippen LogP) is 1.74. The summed E-state index contributed by atoms with van der Waals surface area (Å²) in [5.41, 5.74) is 3.24. The maximum Gasteiger partial charge on any atom is 0.0965 e. The molecule has 0 saturated carbocycles. The molecular weight excluding hydrogens is 252 g/mol. The Morgan fingerprint density at radius 2 is 2.05 bits per heavy atom. The summed E-state index contributed by atoms with van der Waals surface area (Å²) in [4.78, 5) is 0. The zero-order chi connectivity index (χ0) is 14.8. The first-order valence-corrected chi connectivity index (χ1v) is 7.05. The number of hydrogen-bond donors (Lipinski definition) is 1. The lowest BCUT2D eigenvalue weighted by atomic mass is 10.1. The van der Waals surface area contributed by atoms with Gasteiger partial charge in [0.15, 0.2) is 0 Å². The summed E-state index contributed by atoms with van der Waals surface area (Å²) in [5.74, 6) is 0. The number of nitrogens with one attached hydrogen (secondary N) is 1. The maximum atomic E-state index is 4.44. The largest absolute Gasteiger partial charge is 0.306 e. The van der Waals surface area contributed by atoms with E-state index in [1.54, 1.807) is 0 Å². The molecule has 0 radical (unpaired) electrons. The fourth-order valence-corrected chi connectivity index (χ4v) is 2.02. The van der Waals surface area contributed by atoms with Gasteiger partial charge in [-0.3, -0.25) is 4.68 Å². The minimum atomic E-state index is 0.0850. The number of hydrogen-bond acceptors (Lipinski definition) is 4. The molecular formula is C14H24N6. The monoisotopic (exact) mass is 276 g/mol. The van der Waals surface area contributed by atoms with Crippen LogP contribution in [0.4, 0.5) is 0 Å². The van der Waals surface area contributed by atoms with Crippen LogP contribution in [0.25, 0.3) is 0 Å². The summed E-state index contributed by atoms with van der Waals surface area (Å²) in [6, 6.07) is 2.10. The highest BCUT2D eigenvalue weighted by Gasteiger charge is 2.11. The van der Waals surface area contributed by atoms with Gasteiger partial charge in [0.2, 0.25) is 0 Å². The van der Waals surface area contributed by atoms with Gasteiger partial charge in [0.25, 0.3) is 0 Å². The van der Waals surface area contributed by atoms with Crippen LogP contribution < -0.4 is 5.32 Å². The van der Waals surface area contributed by atoms with Gasteiger partial charge in [0.05, 0.1) is 29.8 Å². The molecule has 2 rings (SSSR count). The minimum absolute atomic E-state index is 0.0850. The zero-order valence-electron chi connectivity index (χ0n) is 13.0. The van der Waals surface area contributed by atoms with Crippen LogP contribution in [0.5, 0.6) is 0 Å². The van der Waals surface area contributed by atoms with Gasteiger partial charge in [0, 0.05) is 18.6 Å². The van der Waals surface area contributed by atoms with Crippen LogP contribution >= 0.6 is 0 Å². The van der Waals surface area contributed by atoms with Crippen molar-refractivity contribution in [1.82, 2.24) is 30.1 Å². The van der Waals surface area contributed by atoms with Crippen molar-refractivity contribution in [2.45, 2.75) is 59.8 Å². The molecule has 0 unspecified atom stereocenters. The summed E-state index contributed by atoms with van der Waals surface area (Å²) >= 11 is 0. The fraction of sp³-hybridized carbons (Fsp3) is 0.643. The highest BCUT2D eigenvalue weighted by molar-refractivity contribution is 5.09. The normalized spacial score (nSPS) is 12.1. The van der Waals surface area contributed by atoms with Crippen LogP contribution in [-0.4, -0.2) is 30.3 Å². The van der Waals surface area contributed by atoms with E-state index in [0.717, 1.165) is 30.2 Å². The fourth-order valence-electron chi connectivity index (χ4n) is 2.02. The van der Waals surface area contributed by atoms with Crippen molar-refractivity contribution in [2.75, 3.05) is 0 Å². The second kappa shape index (κ2) is 5.75. The lowest BCUT2D eigenvalue weighted by molar-refractivity contribution is 0.421. The molecule has 0 aromatic carbocycles. The van der Waals surface area contributed by atoms with E-state index in [0.29, 0.717) is 6.54 Å². The van der Waals surface area contributed by atoms with Crippen molar-refractivity contribution in [1.29, 1.82) is 0 Å².